The van der Waals surface area contributed by atoms with Crippen LogP contribution in [0.25, 0.3) is 22.2 Å². The maximum atomic E-state index is 13.5. The van der Waals surface area contributed by atoms with Crippen molar-refractivity contribution in [1.29, 1.82) is 0 Å². The van der Waals surface area contributed by atoms with E-state index in [0.29, 0.717) is 6.04 Å². The van der Waals surface area contributed by atoms with E-state index in [0.717, 1.165) is 53.9 Å². The van der Waals surface area contributed by atoms with Crippen molar-refractivity contribution < 1.29 is 4.79 Å². The van der Waals surface area contributed by atoms with Crippen LogP contribution in [0, 0.1) is 0 Å². The largest absolute Gasteiger partial charge is 0.336 e. The molecule has 0 N–H and O–H groups in total. The lowest BCUT2D eigenvalue weighted by Crippen LogP contribution is -2.52. The van der Waals surface area contributed by atoms with Crippen molar-refractivity contribution in [1.82, 2.24) is 24.6 Å². The van der Waals surface area contributed by atoms with Gasteiger partial charge in [0.05, 0.1) is 23.0 Å². The van der Waals surface area contributed by atoms with Gasteiger partial charge in [-0.25, -0.2) is 4.98 Å². The highest BCUT2D eigenvalue weighted by molar-refractivity contribution is 6.07. The zero-order chi connectivity index (χ0) is 19.1. The molecular formula is C22H25N5O. The summed E-state index contributed by atoms with van der Waals surface area (Å²) in [7, 11) is 0. The first-order chi connectivity index (χ1) is 13.7. The second-order valence-corrected chi connectivity index (χ2v) is 7.74. The van der Waals surface area contributed by atoms with E-state index in [1.807, 2.05) is 52.3 Å². The number of nitrogens with zero attached hydrogens (tertiary/aromatic N) is 5. The van der Waals surface area contributed by atoms with Crippen LogP contribution >= 0.6 is 0 Å². The number of fused-ring (bicyclic) bond motifs is 2. The van der Waals surface area contributed by atoms with E-state index in [9.17, 15) is 4.79 Å². The van der Waals surface area contributed by atoms with Crippen molar-refractivity contribution in [2.45, 2.75) is 32.4 Å². The third-order valence-corrected chi connectivity index (χ3v) is 6.07. The number of hydrogen-bond acceptors (Lipinski definition) is 4. The van der Waals surface area contributed by atoms with E-state index in [1.54, 1.807) is 0 Å². The van der Waals surface area contributed by atoms with Crippen LogP contribution in [0.5, 0.6) is 0 Å². The summed E-state index contributed by atoms with van der Waals surface area (Å²) < 4.78 is 1.88. The number of hydrogen-bond donors (Lipinski definition) is 0. The SMILES string of the molecule is CCn1cc(-c2cc(C(=O)N3CCN4CCC[C@H]4C3)c3ccccc3n2)cn1. The lowest BCUT2D eigenvalue weighted by atomic mass is 10.0. The predicted molar refractivity (Wildman–Crippen MR) is 109 cm³/mol. The van der Waals surface area contributed by atoms with Crippen molar-refractivity contribution in [2.75, 3.05) is 26.2 Å². The minimum atomic E-state index is 0.120. The molecular weight excluding hydrogens is 350 g/mol. The minimum absolute atomic E-state index is 0.120. The summed E-state index contributed by atoms with van der Waals surface area (Å²) in [5.74, 6) is 0.120. The highest BCUT2D eigenvalue weighted by Gasteiger charge is 2.33. The van der Waals surface area contributed by atoms with Gasteiger partial charge in [-0.15, -0.1) is 0 Å². The van der Waals surface area contributed by atoms with Crippen LogP contribution in [0.1, 0.15) is 30.1 Å². The van der Waals surface area contributed by atoms with Gasteiger partial charge in [-0.1, -0.05) is 18.2 Å². The standard InChI is InChI=1S/C22H25N5O/c1-2-27-14-16(13-23-27)21-12-19(18-7-3-4-8-20(18)24-21)22(28)26-11-10-25-9-5-6-17(25)15-26/h3-4,7-8,12-14,17H,2,5-6,9-11,15H2,1H3/t17-/m0/s1. The van der Waals surface area contributed by atoms with Gasteiger partial charge in [-0.05, 0) is 38.4 Å². The topological polar surface area (TPSA) is 54.3 Å². The molecule has 0 unspecified atom stereocenters. The first-order valence-electron chi connectivity index (χ1n) is 10.2. The number of para-hydroxylation sites is 1. The Morgan fingerprint density at radius 1 is 1.21 bits per heavy atom. The van der Waals surface area contributed by atoms with Crippen molar-refractivity contribution in [2.24, 2.45) is 0 Å². The normalized spacial score (nSPS) is 19.9. The number of carbonyl (C=O) groups excluding carboxylic acids is 1. The molecule has 1 atom stereocenters. The molecule has 4 heterocycles. The maximum Gasteiger partial charge on any atom is 0.254 e. The number of carbonyl (C=O) groups is 1. The van der Waals surface area contributed by atoms with E-state index in [1.165, 1.54) is 19.4 Å². The average molecular weight is 375 g/mol. The fraction of sp³-hybridized carbons (Fsp3) is 0.409. The number of rotatable bonds is 3. The fourth-order valence-corrected chi connectivity index (χ4v) is 4.51. The molecule has 5 rings (SSSR count). The molecule has 28 heavy (non-hydrogen) atoms. The summed E-state index contributed by atoms with van der Waals surface area (Å²) >= 11 is 0. The van der Waals surface area contributed by atoms with Crippen LogP contribution in [0.2, 0.25) is 0 Å². The Labute approximate surface area is 164 Å². The van der Waals surface area contributed by atoms with Gasteiger partial charge < -0.3 is 4.90 Å². The van der Waals surface area contributed by atoms with Gasteiger partial charge in [0, 0.05) is 49.4 Å². The van der Waals surface area contributed by atoms with Crippen LogP contribution < -0.4 is 0 Å². The number of pyridine rings is 1. The van der Waals surface area contributed by atoms with Gasteiger partial charge in [0.1, 0.15) is 0 Å². The molecule has 0 bridgehead atoms. The maximum absolute atomic E-state index is 13.5. The van der Waals surface area contributed by atoms with Crippen molar-refractivity contribution in [3.8, 4) is 11.3 Å². The molecule has 0 aliphatic carbocycles. The first kappa shape index (κ1) is 17.4. The van der Waals surface area contributed by atoms with Crippen LogP contribution in [0.3, 0.4) is 0 Å². The predicted octanol–water partition coefficient (Wildman–Crippen LogP) is 3.04. The van der Waals surface area contributed by atoms with E-state index in [2.05, 4.69) is 16.9 Å². The molecule has 1 amide bonds. The summed E-state index contributed by atoms with van der Waals surface area (Å²) in [6.45, 7) is 6.66. The highest BCUT2D eigenvalue weighted by Crippen LogP contribution is 2.28. The summed E-state index contributed by atoms with van der Waals surface area (Å²) in [5.41, 5.74) is 3.35. The third kappa shape index (κ3) is 2.98. The fourth-order valence-electron chi connectivity index (χ4n) is 4.51. The highest BCUT2D eigenvalue weighted by atomic mass is 16.2. The quantitative estimate of drug-likeness (QED) is 0.706. The van der Waals surface area contributed by atoms with E-state index in [4.69, 9.17) is 4.98 Å². The molecule has 6 heteroatoms. The summed E-state index contributed by atoms with van der Waals surface area (Å²) in [5, 5.41) is 5.29. The zero-order valence-corrected chi connectivity index (χ0v) is 16.2. The van der Waals surface area contributed by atoms with Gasteiger partial charge >= 0.3 is 0 Å². The molecule has 0 spiro atoms. The van der Waals surface area contributed by atoms with Crippen molar-refractivity contribution >= 4 is 16.8 Å². The molecule has 6 nitrogen and oxygen atoms in total. The molecule has 2 aliphatic heterocycles. The van der Waals surface area contributed by atoms with Crippen LogP contribution in [-0.2, 0) is 6.54 Å². The number of aromatic nitrogens is 3. The smallest absolute Gasteiger partial charge is 0.254 e. The number of amides is 1. The van der Waals surface area contributed by atoms with Gasteiger partial charge in [-0.3, -0.25) is 14.4 Å². The molecule has 0 radical (unpaired) electrons. The molecule has 2 saturated heterocycles. The second-order valence-electron chi connectivity index (χ2n) is 7.74. The van der Waals surface area contributed by atoms with Gasteiger partial charge in [0.25, 0.3) is 5.91 Å². The Bertz CT molecular complexity index is 1030. The van der Waals surface area contributed by atoms with Crippen molar-refractivity contribution in [3.05, 3.63) is 48.3 Å². The third-order valence-electron chi connectivity index (χ3n) is 6.07. The molecule has 1 aromatic carbocycles. The Morgan fingerprint density at radius 2 is 2.11 bits per heavy atom. The minimum Gasteiger partial charge on any atom is -0.336 e. The van der Waals surface area contributed by atoms with E-state index < -0.39 is 0 Å². The van der Waals surface area contributed by atoms with E-state index >= 15 is 0 Å². The number of aryl methyl sites for hydroxylation is 1. The van der Waals surface area contributed by atoms with Gasteiger partial charge in [-0.2, -0.15) is 5.10 Å². The molecule has 144 valence electrons. The van der Waals surface area contributed by atoms with Crippen LogP contribution in [0.15, 0.2) is 42.7 Å². The van der Waals surface area contributed by atoms with Crippen LogP contribution in [0.4, 0.5) is 0 Å². The van der Waals surface area contributed by atoms with Crippen molar-refractivity contribution in [3.63, 3.8) is 0 Å². The zero-order valence-electron chi connectivity index (χ0n) is 16.2. The van der Waals surface area contributed by atoms with Crippen LogP contribution in [-0.4, -0.2) is 62.7 Å². The summed E-state index contributed by atoms with van der Waals surface area (Å²) in [6, 6.07) is 10.4. The monoisotopic (exact) mass is 375 g/mol. The Morgan fingerprint density at radius 3 is 2.96 bits per heavy atom. The molecule has 2 fully saturated rings. The average Bonchev–Trinajstić information content (AvgIpc) is 3.41. The summed E-state index contributed by atoms with van der Waals surface area (Å²) in [6.07, 6.45) is 6.26. The van der Waals surface area contributed by atoms with Gasteiger partial charge in [0.2, 0.25) is 0 Å². The lowest BCUT2D eigenvalue weighted by Gasteiger charge is -2.37. The number of benzene rings is 1. The molecule has 3 aromatic rings. The Hall–Kier alpha value is -2.73. The molecule has 0 saturated carbocycles. The lowest BCUT2D eigenvalue weighted by molar-refractivity contribution is 0.0573. The Balaban J connectivity index is 1.54. The second kappa shape index (κ2) is 7.02. The van der Waals surface area contributed by atoms with Gasteiger partial charge in [0.15, 0.2) is 0 Å². The van der Waals surface area contributed by atoms with E-state index in [-0.39, 0.29) is 5.91 Å². The molecule has 2 aliphatic rings. The molecule has 2 aromatic heterocycles. The Kier molecular flexibility index (Phi) is 4.36. The number of piperazine rings is 1. The summed E-state index contributed by atoms with van der Waals surface area (Å²) in [4.78, 5) is 22.9. The first-order valence-corrected chi connectivity index (χ1v) is 10.2.